The Morgan fingerprint density at radius 1 is 1.26 bits per heavy atom. The molecule has 0 saturated carbocycles. The first-order valence-electron chi connectivity index (χ1n) is 6.53. The Morgan fingerprint density at radius 2 is 1.89 bits per heavy atom. The van der Waals surface area contributed by atoms with Gasteiger partial charge in [-0.3, -0.25) is 4.79 Å². The summed E-state index contributed by atoms with van der Waals surface area (Å²) in [4.78, 5) is 16.0. The molecule has 1 amide bonds. The SMILES string of the molecule is C[C@H]1CN(C(=O)c2ccc(N(C)C)nn2)C[C@H](C)N1. The molecule has 0 radical (unpaired) electrons. The first-order valence-corrected chi connectivity index (χ1v) is 6.53. The molecular formula is C13H21N5O. The largest absolute Gasteiger partial charge is 0.361 e. The smallest absolute Gasteiger partial charge is 0.274 e. The quantitative estimate of drug-likeness (QED) is 0.835. The lowest BCUT2D eigenvalue weighted by atomic mass is 10.1. The Hall–Kier alpha value is -1.69. The summed E-state index contributed by atoms with van der Waals surface area (Å²) < 4.78 is 0. The first kappa shape index (κ1) is 13.7. The Bertz CT molecular complexity index is 435. The van der Waals surface area contributed by atoms with E-state index in [1.807, 2.05) is 30.0 Å². The molecule has 19 heavy (non-hydrogen) atoms. The van der Waals surface area contributed by atoms with Crippen LogP contribution in [0, 0.1) is 0 Å². The van der Waals surface area contributed by atoms with Gasteiger partial charge < -0.3 is 15.1 Å². The van der Waals surface area contributed by atoms with Crippen molar-refractivity contribution in [2.24, 2.45) is 0 Å². The second kappa shape index (κ2) is 5.52. The van der Waals surface area contributed by atoms with E-state index in [1.54, 1.807) is 6.07 Å². The van der Waals surface area contributed by atoms with E-state index < -0.39 is 0 Å². The Labute approximate surface area is 113 Å². The predicted octanol–water partition coefficient (Wildman–Crippen LogP) is 0.365. The van der Waals surface area contributed by atoms with Crippen LogP contribution in [0.1, 0.15) is 24.3 Å². The molecule has 0 aromatic carbocycles. The maximum atomic E-state index is 12.4. The van der Waals surface area contributed by atoms with Crippen LogP contribution in [0.3, 0.4) is 0 Å². The highest BCUT2D eigenvalue weighted by Gasteiger charge is 2.26. The van der Waals surface area contributed by atoms with Crippen LogP contribution in [0.25, 0.3) is 0 Å². The van der Waals surface area contributed by atoms with Gasteiger partial charge in [-0.25, -0.2) is 0 Å². The Kier molecular flexibility index (Phi) is 3.99. The lowest BCUT2D eigenvalue weighted by molar-refractivity contribution is 0.0666. The number of aromatic nitrogens is 2. The third kappa shape index (κ3) is 3.20. The van der Waals surface area contributed by atoms with Crippen LogP contribution in [0.15, 0.2) is 12.1 Å². The highest BCUT2D eigenvalue weighted by molar-refractivity contribution is 5.92. The third-order valence-corrected chi connectivity index (χ3v) is 3.17. The minimum Gasteiger partial charge on any atom is -0.361 e. The molecule has 1 aliphatic heterocycles. The van der Waals surface area contributed by atoms with E-state index in [-0.39, 0.29) is 5.91 Å². The van der Waals surface area contributed by atoms with Crippen LogP contribution in [0.2, 0.25) is 0 Å². The summed E-state index contributed by atoms with van der Waals surface area (Å²) in [5, 5.41) is 11.5. The van der Waals surface area contributed by atoms with Crippen LogP contribution < -0.4 is 10.2 Å². The summed E-state index contributed by atoms with van der Waals surface area (Å²) in [6.07, 6.45) is 0. The van der Waals surface area contributed by atoms with E-state index in [4.69, 9.17) is 0 Å². The van der Waals surface area contributed by atoms with Gasteiger partial charge in [-0.1, -0.05) is 0 Å². The number of carbonyl (C=O) groups excluding carboxylic acids is 1. The monoisotopic (exact) mass is 263 g/mol. The summed E-state index contributed by atoms with van der Waals surface area (Å²) in [6.45, 7) is 5.58. The number of hydrogen-bond donors (Lipinski definition) is 1. The first-order chi connectivity index (χ1) is 8.97. The van der Waals surface area contributed by atoms with Crippen molar-refractivity contribution in [2.75, 3.05) is 32.1 Å². The van der Waals surface area contributed by atoms with Gasteiger partial charge in [0, 0.05) is 39.3 Å². The standard InChI is InChI=1S/C13H21N5O/c1-9-7-18(8-10(2)14-9)13(19)11-5-6-12(16-15-11)17(3)4/h5-6,9-10,14H,7-8H2,1-4H3/t9-,10-/m0/s1. The molecule has 1 N–H and O–H groups in total. The number of anilines is 1. The van der Waals surface area contributed by atoms with Gasteiger partial charge in [0.2, 0.25) is 0 Å². The fraction of sp³-hybridized carbons (Fsp3) is 0.615. The van der Waals surface area contributed by atoms with E-state index >= 15 is 0 Å². The lowest BCUT2D eigenvalue weighted by Crippen LogP contribution is -2.55. The zero-order valence-corrected chi connectivity index (χ0v) is 11.9. The highest BCUT2D eigenvalue weighted by Crippen LogP contribution is 2.10. The summed E-state index contributed by atoms with van der Waals surface area (Å²) in [5.74, 6) is 0.705. The normalized spacial score (nSPS) is 23.3. The second-order valence-electron chi connectivity index (χ2n) is 5.35. The minimum atomic E-state index is -0.0435. The van der Waals surface area contributed by atoms with Gasteiger partial charge in [0.1, 0.15) is 0 Å². The van der Waals surface area contributed by atoms with E-state index in [0.29, 0.717) is 30.9 Å². The molecule has 6 nitrogen and oxygen atoms in total. The average molecular weight is 263 g/mol. The zero-order chi connectivity index (χ0) is 14.0. The molecule has 1 aromatic rings. The number of nitrogens with one attached hydrogen (secondary N) is 1. The molecule has 2 rings (SSSR count). The molecule has 1 aromatic heterocycles. The summed E-state index contributed by atoms with van der Waals surface area (Å²) in [7, 11) is 3.79. The van der Waals surface area contributed by atoms with E-state index in [0.717, 1.165) is 5.82 Å². The minimum absolute atomic E-state index is 0.0435. The summed E-state index contributed by atoms with van der Waals surface area (Å²) in [6, 6.07) is 4.17. The molecule has 0 spiro atoms. The van der Waals surface area contributed by atoms with Crippen LogP contribution in [0.4, 0.5) is 5.82 Å². The van der Waals surface area contributed by atoms with Gasteiger partial charge in [-0.15, -0.1) is 10.2 Å². The molecule has 1 saturated heterocycles. The van der Waals surface area contributed by atoms with Crippen LogP contribution in [-0.2, 0) is 0 Å². The van der Waals surface area contributed by atoms with Gasteiger partial charge in [-0.2, -0.15) is 0 Å². The molecule has 104 valence electrons. The van der Waals surface area contributed by atoms with Gasteiger partial charge >= 0.3 is 0 Å². The molecule has 0 bridgehead atoms. The fourth-order valence-corrected chi connectivity index (χ4v) is 2.33. The molecule has 1 fully saturated rings. The third-order valence-electron chi connectivity index (χ3n) is 3.17. The van der Waals surface area contributed by atoms with Crippen molar-refractivity contribution in [1.29, 1.82) is 0 Å². The van der Waals surface area contributed by atoms with Crippen molar-refractivity contribution in [3.8, 4) is 0 Å². The average Bonchev–Trinajstić information content (AvgIpc) is 2.37. The molecule has 1 aliphatic rings. The Morgan fingerprint density at radius 3 is 2.37 bits per heavy atom. The maximum Gasteiger partial charge on any atom is 0.274 e. The molecule has 2 heterocycles. The van der Waals surface area contributed by atoms with Gasteiger partial charge in [0.25, 0.3) is 5.91 Å². The fourth-order valence-electron chi connectivity index (χ4n) is 2.33. The summed E-state index contributed by atoms with van der Waals surface area (Å²) in [5.41, 5.74) is 0.409. The van der Waals surface area contributed by atoms with Crippen molar-refractivity contribution >= 4 is 11.7 Å². The number of rotatable bonds is 2. The highest BCUT2D eigenvalue weighted by atomic mass is 16.2. The van der Waals surface area contributed by atoms with Gasteiger partial charge in [0.15, 0.2) is 11.5 Å². The van der Waals surface area contributed by atoms with Crippen molar-refractivity contribution in [3.05, 3.63) is 17.8 Å². The number of piperazine rings is 1. The van der Waals surface area contributed by atoms with Crippen LogP contribution in [0.5, 0.6) is 0 Å². The molecular weight excluding hydrogens is 242 g/mol. The topological polar surface area (TPSA) is 61.4 Å². The van der Waals surface area contributed by atoms with Crippen LogP contribution >= 0.6 is 0 Å². The number of carbonyl (C=O) groups is 1. The molecule has 0 unspecified atom stereocenters. The molecule has 2 atom stereocenters. The molecule has 0 aliphatic carbocycles. The summed E-state index contributed by atoms with van der Waals surface area (Å²) >= 11 is 0. The number of hydrogen-bond acceptors (Lipinski definition) is 5. The lowest BCUT2D eigenvalue weighted by Gasteiger charge is -2.35. The van der Waals surface area contributed by atoms with Gasteiger partial charge in [-0.05, 0) is 26.0 Å². The van der Waals surface area contributed by atoms with E-state index in [2.05, 4.69) is 29.4 Å². The van der Waals surface area contributed by atoms with E-state index in [9.17, 15) is 4.79 Å². The Balaban J connectivity index is 2.10. The van der Waals surface area contributed by atoms with Crippen molar-refractivity contribution in [3.63, 3.8) is 0 Å². The van der Waals surface area contributed by atoms with Crippen LogP contribution in [-0.4, -0.2) is 60.3 Å². The molecule has 6 heteroatoms. The zero-order valence-electron chi connectivity index (χ0n) is 11.9. The van der Waals surface area contributed by atoms with E-state index in [1.165, 1.54) is 0 Å². The number of amides is 1. The van der Waals surface area contributed by atoms with Crippen molar-refractivity contribution in [2.45, 2.75) is 25.9 Å². The van der Waals surface area contributed by atoms with Crippen molar-refractivity contribution < 1.29 is 4.79 Å². The maximum absolute atomic E-state index is 12.4. The van der Waals surface area contributed by atoms with Crippen molar-refractivity contribution in [1.82, 2.24) is 20.4 Å². The number of nitrogens with zero attached hydrogens (tertiary/aromatic N) is 4. The van der Waals surface area contributed by atoms with Gasteiger partial charge in [0.05, 0.1) is 0 Å². The second-order valence-corrected chi connectivity index (χ2v) is 5.35. The predicted molar refractivity (Wildman–Crippen MR) is 74.3 cm³/mol.